The molecule has 5 aromatic rings. The second-order valence-electron chi connectivity index (χ2n) is 7.76. The maximum Gasteiger partial charge on any atom is 0.317 e. The van der Waals surface area contributed by atoms with Crippen LogP contribution in [-0.2, 0) is 11.3 Å². The van der Waals surface area contributed by atoms with Crippen molar-refractivity contribution in [1.29, 1.82) is 0 Å². The van der Waals surface area contributed by atoms with Crippen molar-refractivity contribution in [1.82, 2.24) is 9.97 Å². The van der Waals surface area contributed by atoms with E-state index in [1.807, 2.05) is 47.8 Å². The summed E-state index contributed by atoms with van der Waals surface area (Å²) in [4.78, 5) is 20.7. The molecule has 5 nitrogen and oxygen atoms in total. The largest absolute Gasteiger partial charge is 0.317 e. The van der Waals surface area contributed by atoms with Crippen LogP contribution in [0.1, 0.15) is 11.1 Å². The molecule has 0 fully saturated rings. The smallest absolute Gasteiger partial charge is 0.301 e. The Morgan fingerprint density at radius 2 is 1.79 bits per heavy atom. The number of hydrogen-bond donors (Lipinski definition) is 2. The maximum absolute atomic E-state index is 12.7. The van der Waals surface area contributed by atoms with Gasteiger partial charge in [0.25, 0.3) is 0 Å². The zero-order valence-corrected chi connectivity index (χ0v) is 19.7. The number of hydrogen-bond acceptors (Lipinski definition) is 4. The molecule has 0 atom stereocenters. The van der Waals surface area contributed by atoms with Crippen LogP contribution in [0.4, 0.5) is 5.13 Å². The number of imidazole rings is 1. The van der Waals surface area contributed by atoms with E-state index < -0.39 is 0 Å². The molecule has 0 saturated carbocycles. The fourth-order valence-electron chi connectivity index (χ4n) is 3.62. The quantitative estimate of drug-likeness (QED) is 0.238. The Bertz CT molecular complexity index is 1390. The van der Waals surface area contributed by atoms with Crippen LogP contribution in [-0.4, -0.2) is 21.6 Å². The van der Waals surface area contributed by atoms with Crippen LogP contribution in [0.3, 0.4) is 0 Å². The summed E-state index contributed by atoms with van der Waals surface area (Å²) in [7, 11) is 0. The van der Waals surface area contributed by atoms with E-state index in [1.54, 1.807) is 0 Å². The lowest BCUT2D eigenvalue weighted by atomic mass is 10.1. The molecule has 2 heterocycles. The van der Waals surface area contributed by atoms with E-state index in [0.717, 1.165) is 34.0 Å². The van der Waals surface area contributed by atoms with Gasteiger partial charge in [0.05, 0.1) is 11.4 Å². The first-order valence-electron chi connectivity index (χ1n) is 10.7. The fourth-order valence-corrected chi connectivity index (χ4v) is 5.20. The molecule has 1 amide bonds. The van der Waals surface area contributed by atoms with Gasteiger partial charge in [0, 0.05) is 10.9 Å². The Kier molecular flexibility index (Phi) is 6.24. The van der Waals surface area contributed by atoms with Gasteiger partial charge in [0.2, 0.25) is 5.91 Å². The first-order chi connectivity index (χ1) is 16.2. The van der Waals surface area contributed by atoms with Gasteiger partial charge >= 0.3 is 5.16 Å². The number of aromatic nitrogens is 3. The molecule has 0 aliphatic heterocycles. The topological polar surface area (TPSA) is 61.7 Å². The van der Waals surface area contributed by atoms with E-state index in [2.05, 4.69) is 63.2 Å². The fraction of sp³-hybridized carbons (Fsp3) is 0.115. The van der Waals surface area contributed by atoms with Crippen LogP contribution < -0.4 is 9.88 Å². The van der Waals surface area contributed by atoms with Crippen LogP contribution in [0.15, 0.2) is 89.4 Å². The van der Waals surface area contributed by atoms with Gasteiger partial charge in [-0.2, -0.15) is 0 Å². The molecular weight excluding hydrogens is 448 g/mol. The summed E-state index contributed by atoms with van der Waals surface area (Å²) in [6.45, 7) is 2.80. The predicted molar refractivity (Wildman–Crippen MR) is 136 cm³/mol. The number of nitrogens with zero attached hydrogens (tertiary/aromatic N) is 2. The lowest BCUT2D eigenvalue weighted by Gasteiger charge is -2.03. The lowest BCUT2D eigenvalue weighted by Crippen LogP contribution is -2.35. The maximum atomic E-state index is 12.7. The molecule has 5 rings (SSSR count). The van der Waals surface area contributed by atoms with Crippen molar-refractivity contribution in [2.75, 3.05) is 11.1 Å². The van der Waals surface area contributed by atoms with Gasteiger partial charge < -0.3 is 5.32 Å². The summed E-state index contributed by atoms with van der Waals surface area (Å²) >= 11 is 2.94. The van der Waals surface area contributed by atoms with Crippen LogP contribution in [0.2, 0.25) is 0 Å². The standard InChI is InChI=1S/C26H22N4OS2/c1-18-11-13-20(14-12-18)22-16-32-25(27-22)29-24(31)17-33-26-28-21-9-5-6-10-23(21)30(26)15-19-7-3-2-4-8-19/h2-14,16H,15,17H2,1H3,(H,27,29,31)/p+1. The number of rotatable bonds is 7. The zero-order valence-electron chi connectivity index (χ0n) is 18.1. The third kappa shape index (κ3) is 4.99. The van der Waals surface area contributed by atoms with E-state index in [-0.39, 0.29) is 5.91 Å². The molecule has 0 aliphatic rings. The van der Waals surface area contributed by atoms with E-state index in [1.165, 1.54) is 34.2 Å². The number of amides is 1. The molecule has 0 bridgehead atoms. The second-order valence-corrected chi connectivity index (χ2v) is 9.58. The highest BCUT2D eigenvalue weighted by atomic mass is 32.2. The van der Waals surface area contributed by atoms with E-state index in [4.69, 9.17) is 0 Å². The number of nitrogens with one attached hydrogen (secondary N) is 2. The number of carbonyl (C=O) groups excluding carboxylic acids is 1. The number of aromatic amines is 1. The number of thioether (sulfide) groups is 1. The Hall–Kier alpha value is -3.42. The van der Waals surface area contributed by atoms with Gasteiger partial charge in [-0.1, -0.05) is 72.3 Å². The molecule has 0 spiro atoms. The average molecular weight is 472 g/mol. The van der Waals surface area contributed by atoms with Gasteiger partial charge in [0.1, 0.15) is 6.54 Å². The van der Waals surface area contributed by atoms with Gasteiger partial charge in [-0.25, -0.2) is 14.5 Å². The summed E-state index contributed by atoms with van der Waals surface area (Å²) in [5.74, 6) is 0.218. The summed E-state index contributed by atoms with van der Waals surface area (Å²) in [5.41, 5.74) is 6.52. The normalized spacial score (nSPS) is 11.1. The molecule has 7 heteroatoms. The SMILES string of the molecule is Cc1ccc(-c2csc(NC(=O)CSc3[nH]c4ccccc4[n+]3Cc3ccccc3)n2)cc1. The van der Waals surface area contributed by atoms with Crippen molar-refractivity contribution in [3.63, 3.8) is 0 Å². The van der Waals surface area contributed by atoms with Crippen molar-refractivity contribution in [3.8, 4) is 11.3 Å². The highest BCUT2D eigenvalue weighted by Crippen LogP contribution is 2.25. The minimum atomic E-state index is -0.0743. The zero-order chi connectivity index (χ0) is 22.6. The number of carbonyl (C=O) groups is 1. The molecule has 3 aromatic carbocycles. The first kappa shape index (κ1) is 21.4. The summed E-state index contributed by atoms with van der Waals surface area (Å²) in [6, 6.07) is 26.8. The summed E-state index contributed by atoms with van der Waals surface area (Å²) < 4.78 is 2.22. The van der Waals surface area contributed by atoms with Crippen LogP contribution in [0.5, 0.6) is 0 Å². The number of H-pyrrole nitrogens is 1. The van der Waals surface area contributed by atoms with E-state index in [0.29, 0.717) is 10.9 Å². The van der Waals surface area contributed by atoms with Crippen molar-refractivity contribution in [2.24, 2.45) is 0 Å². The van der Waals surface area contributed by atoms with Gasteiger partial charge in [-0.15, -0.1) is 11.3 Å². The highest BCUT2D eigenvalue weighted by Gasteiger charge is 2.20. The summed E-state index contributed by atoms with van der Waals surface area (Å²) in [6.07, 6.45) is 0. The number of benzene rings is 3. The number of anilines is 1. The molecule has 2 aromatic heterocycles. The molecule has 2 N–H and O–H groups in total. The number of thiazole rings is 1. The molecular formula is C26H23N4OS2+. The Morgan fingerprint density at radius 3 is 2.61 bits per heavy atom. The number of para-hydroxylation sites is 2. The average Bonchev–Trinajstić information content (AvgIpc) is 3.44. The minimum Gasteiger partial charge on any atom is -0.301 e. The minimum absolute atomic E-state index is 0.0743. The third-order valence-electron chi connectivity index (χ3n) is 5.30. The number of fused-ring (bicyclic) bond motifs is 1. The molecule has 0 unspecified atom stereocenters. The number of aryl methyl sites for hydroxylation is 1. The molecule has 33 heavy (non-hydrogen) atoms. The Labute approximate surface area is 200 Å². The lowest BCUT2D eigenvalue weighted by molar-refractivity contribution is -0.700. The third-order valence-corrected chi connectivity index (χ3v) is 7.06. The van der Waals surface area contributed by atoms with Crippen molar-refractivity contribution < 1.29 is 9.36 Å². The summed E-state index contributed by atoms with van der Waals surface area (Å²) in [5, 5.41) is 6.48. The molecule has 164 valence electrons. The Balaban J connectivity index is 1.28. The molecule has 0 aliphatic carbocycles. The van der Waals surface area contributed by atoms with Gasteiger partial charge in [-0.3, -0.25) is 4.79 Å². The first-order valence-corrected chi connectivity index (χ1v) is 12.5. The van der Waals surface area contributed by atoms with Crippen molar-refractivity contribution >= 4 is 45.2 Å². The predicted octanol–water partition coefficient (Wildman–Crippen LogP) is 5.67. The van der Waals surface area contributed by atoms with Crippen LogP contribution in [0, 0.1) is 6.92 Å². The molecule has 0 saturated heterocycles. The highest BCUT2D eigenvalue weighted by molar-refractivity contribution is 7.99. The Morgan fingerprint density at radius 1 is 1.03 bits per heavy atom. The van der Waals surface area contributed by atoms with Crippen molar-refractivity contribution in [3.05, 3.63) is 95.4 Å². The van der Waals surface area contributed by atoms with Gasteiger partial charge in [-0.05, 0) is 36.4 Å². The second kappa shape index (κ2) is 9.60. The monoisotopic (exact) mass is 471 g/mol. The van der Waals surface area contributed by atoms with E-state index >= 15 is 0 Å². The van der Waals surface area contributed by atoms with E-state index in [9.17, 15) is 4.79 Å². The van der Waals surface area contributed by atoms with Crippen molar-refractivity contribution in [2.45, 2.75) is 18.6 Å². The van der Waals surface area contributed by atoms with Crippen LogP contribution >= 0.6 is 23.1 Å². The van der Waals surface area contributed by atoms with Crippen LogP contribution in [0.25, 0.3) is 22.3 Å². The molecule has 0 radical (unpaired) electrons. The van der Waals surface area contributed by atoms with Gasteiger partial charge in [0.15, 0.2) is 16.2 Å².